The van der Waals surface area contributed by atoms with Crippen LogP contribution in [0.15, 0.2) is 47.3 Å². The van der Waals surface area contributed by atoms with E-state index in [1.165, 1.54) is 12.1 Å². The molecule has 0 radical (unpaired) electrons. The molecule has 1 saturated heterocycles. The largest absolute Gasteiger partial charge is 0.343 e. The van der Waals surface area contributed by atoms with Gasteiger partial charge in [-0.15, -0.1) is 0 Å². The summed E-state index contributed by atoms with van der Waals surface area (Å²) in [7, 11) is 0. The molecule has 3 rings (SSSR count). The number of H-pyrrole nitrogens is 1. The molecule has 0 aliphatic carbocycles. The van der Waals surface area contributed by atoms with Gasteiger partial charge in [0.15, 0.2) is 0 Å². The first kappa shape index (κ1) is 19.3. The van der Waals surface area contributed by atoms with Gasteiger partial charge in [0.05, 0.1) is 6.54 Å². The Morgan fingerprint density at radius 3 is 2.39 bits per heavy atom. The van der Waals surface area contributed by atoms with Crippen molar-refractivity contribution in [1.82, 2.24) is 25.3 Å². The van der Waals surface area contributed by atoms with E-state index in [2.05, 4.69) is 15.5 Å². The zero-order chi connectivity index (χ0) is 19.9. The Morgan fingerprint density at radius 2 is 1.68 bits per heavy atom. The van der Waals surface area contributed by atoms with Crippen LogP contribution in [0.5, 0.6) is 0 Å². The van der Waals surface area contributed by atoms with Crippen LogP contribution in [0.25, 0.3) is 0 Å². The molecule has 1 aliphatic rings. The molecule has 1 aliphatic heterocycles. The minimum absolute atomic E-state index is 0.0941. The Labute approximate surface area is 161 Å². The zero-order valence-corrected chi connectivity index (χ0v) is 15.3. The SMILES string of the molecule is O=C(NCC(=O)N1CCCN(C(=O)c2ccc(=O)[nH]n2)CC1)c1ccccc1. The van der Waals surface area contributed by atoms with E-state index in [1.807, 2.05) is 6.07 Å². The van der Waals surface area contributed by atoms with E-state index >= 15 is 0 Å². The van der Waals surface area contributed by atoms with Gasteiger partial charge in [0.2, 0.25) is 5.91 Å². The van der Waals surface area contributed by atoms with E-state index in [1.54, 1.807) is 34.1 Å². The molecule has 0 spiro atoms. The molecule has 1 aromatic heterocycles. The molecule has 0 unspecified atom stereocenters. The van der Waals surface area contributed by atoms with Crippen molar-refractivity contribution >= 4 is 17.7 Å². The molecule has 0 saturated carbocycles. The third-order valence-electron chi connectivity index (χ3n) is 4.47. The molecule has 0 atom stereocenters. The van der Waals surface area contributed by atoms with E-state index in [9.17, 15) is 19.2 Å². The molecule has 0 bridgehead atoms. The molecule has 3 amide bonds. The van der Waals surface area contributed by atoms with Gasteiger partial charge in [0.1, 0.15) is 5.69 Å². The van der Waals surface area contributed by atoms with Crippen molar-refractivity contribution in [2.45, 2.75) is 6.42 Å². The lowest BCUT2D eigenvalue weighted by molar-refractivity contribution is -0.129. The van der Waals surface area contributed by atoms with Crippen molar-refractivity contribution in [2.75, 3.05) is 32.7 Å². The highest BCUT2D eigenvalue weighted by Gasteiger charge is 2.23. The minimum Gasteiger partial charge on any atom is -0.343 e. The van der Waals surface area contributed by atoms with Crippen molar-refractivity contribution in [3.05, 3.63) is 64.1 Å². The van der Waals surface area contributed by atoms with Crippen molar-refractivity contribution < 1.29 is 14.4 Å². The molecule has 9 heteroatoms. The quantitative estimate of drug-likeness (QED) is 0.763. The van der Waals surface area contributed by atoms with E-state index in [-0.39, 0.29) is 35.5 Å². The molecule has 2 heterocycles. The Bertz CT molecular complexity index is 892. The molecule has 28 heavy (non-hydrogen) atoms. The first-order valence-corrected chi connectivity index (χ1v) is 9.00. The predicted octanol–water partition coefficient (Wildman–Crippen LogP) is -0.126. The van der Waals surface area contributed by atoms with Gasteiger partial charge in [0, 0.05) is 37.8 Å². The lowest BCUT2D eigenvalue weighted by Crippen LogP contribution is -2.42. The van der Waals surface area contributed by atoms with Gasteiger partial charge in [-0.2, -0.15) is 5.10 Å². The lowest BCUT2D eigenvalue weighted by Gasteiger charge is -2.22. The zero-order valence-electron chi connectivity index (χ0n) is 15.3. The highest BCUT2D eigenvalue weighted by atomic mass is 16.2. The van der Waals surface area contributed by atoms with Gasteiger partial charge < -0.3 is 15.1 Å². The minimum atomic E-state index is -0.373. The fraction of sp³-hybridized carbons (Fsp3) is 0.316. The molecule has 2 N–H and O–H groups in total. The van der Waals surface area contributed by atoms with Crippen molar-refractivity contribution in [3.63, 3.8) is 0 Å². The molecule has 1 aromatic carbocycles. The van der Waals surface area contributed by atoms with E-state index in [4.69, 9.17) is 0 Å². The van der Waals surface area contributed by atoms with E-state index in [0.717, 1.165) is 0 Å². The van der Waals surface area contributed by atoms with Crippen LogP contribution in [0.4, 0.5) is 0 Å². The smallest absolute Gasteiger partial charge is 0.274 e. The monoisotopic (exact) mass is 383 g/mol. The van der Waals surface area contributed by atoms with Gasteiger partial charge in [-0.1, -0.05) is 18.2 Å². The normalized spacial score (nSPS) is 14.3. The number of benzene rings is 1. The topological polar surface area (TPSA) is 115 Å². The van der Waals surface area contributed by atoms with Crippen LogP contribution in [-0.4, -0.2) is 70.4 Å². The third kappa shape index (κ3) is 4.81. The average Bonchev–Trinajstić information content (AvgIpc) is 2.99. The summed E-state index contributed by atoms with van der Waals surface area (Å²) in [5.74, 6) is -0.784. The second-order valence-corrected chi connectivity index (χ2v) is 6.38. The van der Waals surface area contributed by atoms with Crippen molar-refractivity contribution in [2.24, 2.45) is 0 Å². The van der Waals surface area contributed by atoms with Gasteiger partial charge in [-0.05, 0) is 24.6 Å². The molecule has 9 nitrogen and oxygen atoms in total. The number of aromatic nitrogens is 2. The summed E-state index contributed by atoms with van der Waals surface area (Å²) in [6.45, 7) is 1.62. The summed E-state index contributed by atoms with van der Waals surface area (Å²) in [4.78, 5) is 51.3. The van der Waals surface area contributed by atoms with Crippen LogP contribution in [0, 0.1) is 0 Å². The number of carbonyl (C=O) groups excluding carboxylic acids is 3. The van der Waals surface area contributed by atoms with Crippen LogP contribution in [0.2, 0.25) is 0 Å². The number of nitrogens with zero attached hydrogens (tertiary/aromatic N) is 3. The summed E-state index contributed by atoms with van der Waals surface area (Å²) in [6.07, 6.45) is 0.619. The fourth-order valence-corrected chi connectivity index (χ4v) is 2.95. The summed E-state index contributed by atoms with van der Waals surface area (Å²) in [5.41, 5.74) is 0.285. The maximum absolute atomic E-state index is 12.5. The van der Waals surface area contributed by atoms with Gasteiger partial charge >= 0.3 is 0 Å². The van der Waals surface area contributed by atoms with Crippen LogP contribution >= 0.6 is 0 Å². The molecular weight excluding hydrogens is 362 g/mol. The standard InChI is InChI=1S/C19H21N5O4/c25-16-8-7-15(21-22-16)19(28)24-10-4-9-23(11-12-24)17(26)13-20-18(27)14-5-2-1-3-6-14/h1-3,5-8H,4,9-13H2,(H,20,27)(H,22,25). The third-order valence-corrected chi connectivity index (χ3v) is 4.47. The number of hydrogen-bond acceptors (Lipinski definition) is 5. The Morgan fingerprint density at radius 1 is 0.964 bits per heavy atom. The van der Waals surface area contributed by atoms with Crippen LogP contribution in [-0.2, 0) is 4.79 Å². The summed E-state index contributed by atoms with van der Waals surface area (Å²) in [5, 5.41) is 8.63. The van der Waals surface area contributed by atoms with Crippen molar-refractivity contribution in [1.29, 1.82) is 0 Å². The van der Waals surface area contributed by atoms with Gasteiger partial charge in [-0.25, -0.2) is 5.10 Å². The Balaban J connectivity index is 1.52. The molecule has 2 aromatic rings. The molecular formula is C19H21N5O4. The number of hydrogen-bond donors (Lipinski definition) is 2. The highest BCUT2D eigenvalue weighted by molar-refractivity contribution is 5.96. The first-order chi connectivity index (χ1) is 13.5. The second-order valence-electron chi connectivity index (χ2n) is 6.38. The first-order valence-electron chi connectivity index (χ1n) is 9.00. The van der Waals surface area contributed by atoms with E-state index < -0.39 is 0 Å². The number of aromatic amines is 1. The molecule has 146 valence electrons. The van der Waals surface area contributed by atoms with Crippen molar-refractivity contribution in [3.8, 4) is 0 Å². The van der Waals surface area contributed by atoms with Crippen LogP contribution in [0.3, 0.4) is 0 Å². The van der Waals surface area contributed by atoms with Gasteiger partial charge in [0.25, 0.3) is 17.4 Å². The lowest BCUT2D eigenvalue weighted by atomic mass is 10.2. The predicted molar refractivity (Wildman–Crippen MR) is 101 cm³/mol. The fourth-order valence-electron chi connectivity index (χ4n) is 2.95. The summed E-state index contributed by atoms with van der Waals surface area (Å²) < 4.78 is 0. The number of rotatable bonds is 4. The maximum atomic E-state index is 12.5. The maximum Gasteiger partial charge on any atom is 0.274 e. The number of nitrogens with one attached hydrogen (secondary N) is 2. The van der Waals surface area contributed by atoms with Gasteiger partial charge in [-0.3, -0.25) is 19.2 Å². The summed E-state index contributed by atoms with van der Waals surface area (Å²) >= 11 is 0. The van der Waals surface area contributed by atoms with Crippen LogP contribution in [0.1, 0.15) is 27.3 Å². The molecule has 1 fully saturated rings. The number of carbonyl (C=O) groups is 3. The average molecular weight is 383 g/mol. The van der Waals surface area contributed by atoms with Crippen LogP contribution < -0.4 is 10.9 Å². The summed E-state index contributed by atoms with van der Waals surface area (Å²) in [6, 6.07) is 11.3. The Kier molecular flexibility index (Phi) is 6.15. The Hall–Kier alpha value is -3.49. The highest BCUT2D eigenvalue weighted by Crippen LogP contribution is 2.07. The van der Waals surface area contributed by atoms with E-state index in [0.29, 0.717) is 38.2 Å². The number of amides is 3. The second kappa shape index (κ2) is 8.94.